The Kier molecular flexibility index (Phi) is 3.14. The van der Waals surface area contributed by atoms with E-state index >= 15 is 0 Å². The monoisotopic (exact) mass is 243 g/mol. The van der Waals surface area contributed by atoms with Crippen LogP contribution in [-0.2, 0) is 0 Å². The van der Waals surface area contributed by atoms with E-state index in [-0.39, 0.29) is 11.7 Å². The van der Waals surface area contributed by atoms with Gasteiger partial charge in [-0.15, -0.1) is 0 Å². The lowest BCUT2D eigenvalue weighted by Gasteiger charge is -2.08. The largest absolute Gasteiger partial charge is 0.508 e. The predicted octanol–water partition coefficient (Wildman–Crippen LogP) is 1.93. The fraction of sp³-hybridized carbons (Fsp3) is 0.0769. The standard InChI is InChI=1S/C13H13N3O2/c1-8-2-3-9(7-15-8)13(18)16-12-5-4-10(17)6-11(12)14/h2-7,17H,14H2,1H3,(H,16,18). The van der Waals surface area contributed by atoms with Crippen molar-refractivity contribution in [2.24, 2.45) is 0 Å². The Balaban J connectivity index is 2.18. The Morgan fingerprint density at radius 1 is 1.33 bits per heavy atom. The molecule has 18 heavy (non-hydrogen) atoms. The molecule has 1 heterocycles. The Labute approximate surface area is 104 Å². The topological polar surface area (TPSA) is 88.2 Å². The lowest BCUT2D eigenvalue weighted by molar-refractivity contribution is 0.102. The average molecular weight is 243 g/mol. The van der Waals surface area contributed by atoms with Crippen molar-refractivity contribution in [2.45, 2.75) is 6.92 Å². The molecule has 0 radical (unpaired) electrons. The Morgan fingerprint density at radius 2 is 2.11 bits per heavy atom. The second-order valence-electron chi connectivity index (χ2n) is 3.91. The van der Waals surface area contributed by atoms with Gasteiger partial charge in [0.15, 0.2) is 0 Å². The number of aromatic nitrogens is 1. The van der Waals surface area contributed by atoms with Gasteiger partial charge in [0.1, 0.15) is 5.75 Å². The number of nitrogens with two attached hydrogens (primary N) is 1. The molecular formula is C13H13N3O2. The van der Waals surface area contributed by atoms with Gasteiger partial charge in [0.05, 0.1) is 16.9 Å². The van der Waals surface area contributed by atoms with E-state index in [1.165, 1.54) is 18.3 Å². The fourth-order valence-electron chi connectivity index (χ4n) is 1.46. The number of rotatable bonds is 2. The minimum absolute atomic E-state index is 0.0579. The number of nitrogens with one attached hydrogen (secondary N) is 1. The number of carbonyl (C=O) groups is 1. The van der Waals surface area contributed by atoms with Crippen LogP contribution in [0.1, 0.15) is 16.1 Å². The molecule has 0 spiro atoms. The molecule has 1 aromatic carbocycles. The molecule has 0 aliphatic rings. The zero-order chi connectivity index (χ0) is 13.1. The van der Waals surface area contributed by atoms with Gasteiger partial charge in [-0.05, 0) is 31.2 Å². The third kappa shape index (κ3) is 2.57. The SMILES string of the molecule is Cc1ccc(C(=O)Nc2ccc(O)cc2N)cn1. The number of carbonyl (C=O) groups excluding carboxylic acids is 1. The zero-order valence-electron chi connectivity index (χ0n) is 9.84. The number of phenolic OH excluding ortho intramolecular Hbond substituents is 1. The van der Waals surface area contributed by atoms with Crippen molar-refractivity contribution in [3.05, 3.63) is 47.8 Å². The highest BCUT2D eigenvalue weighted by atomic mass is 16.3. The van der Waals surface area contributed by atoms with Crippen LogP contribution < -0.4 is 11.1 Å². The minimum atomic E-state index is -0.292. The number of amides is 1. The lowest BCUT2D eigenvalue weighted by Crippen LogP contribution is -2.13. The molecule has 4 N–H and O–H groups in total. The third-order valence-electron chi connectivity index (χ3n) is 2.46. The highest BCUT2D eigenvalue weighted by Crippen LogP contribution is 2.23. The number of aromatic hydroxyl groups is 1. The van der Waals surface area contributed by atoms with Gasteiger partial charge in [0.25, 0.3) is 5.91 Å². The Morgan fingerprint density at radius 3 is 2.72 bits per heavy atom. The third-order valence-corrected chi connectivity index (χ3v) is 2.46. The van der Waals surface area contributed by atoms with E-state index in [9.17, 15) is 9.90 Å². The molecule has 0 saturated heterocycles. The first kappa shape index (κ1) is 11.9. The van der Waals surface area contributed by atoms with Gasteiger partial charge in [-0.1, -0.05) is 0 Å². The average Bonchev–Trinajstić information content (AvgIpc) is 2.33. The number of anilines is 2. The van der Waals surface area contributed by atoms with Gasteiger partial charge >= 0.3 is 0 Å². The summed E-state index contributed by atoms with van der Waals surface area (Å²) < 4.78 is 0. The summed E-state index contributed by atoms with van der Waals surface area (Å²) in [5.74, 6) is -0.234. The molecule has 0 aliphatic heterocycles. The van der Waals surface area contributed by atoms with E-state index in [4.69, 9.17) is 5.73 Å². The predicted molar refractivity (Wildman–Crippen MR) is 69.4 cm³/mol. The highest BCUT2D eigenvalue weighted by molar-refractivity contribution is 6.05. The van der Waals surface area contributed by atoms with Crippen LogP contribution in [0.4, 0.5) is 11.4 Å². The summed E-state index contributed by atoms with van der Waals surface area (Å²) in [6.45, 7) is 1.85. The summed E-state index contributed by atoms with van der Waals surface area (Å²) >= 11 is 0. The van der Waals surface area contributed by atoms with Gasteiger partial charge in [0.2, 0.25) is 0 Å². The van der Waals surface area contributed by atoms with E-state index in [0.29, 0.717) is 16.9 Å². The summed E-state index contributed by atoms with van der Waals surface area (Å²) in [6.07, 6.45) is 1.50. The van der Waals surface area contributed by atoms with E-state index < -0.39 is 0 Å². The Bertz CT molecular complexity index is 579. The van der Waals surface area contributed by atoms with Gasteiger partial charge in [0, 0.05) is 18.0 Å². The molecule has 2 aromatic rings. The van der Waals surface area contributed by atoms with Crippen LogP contribution in [-0.4, -0.2) is 16.0 Å². The van der Waals surface area contributed by atoms with Crippen molar-refractivity contribution >= 4 is 17.3 Å². The maximum Gasteiger partial charge on any atom is 0.257 e. The smallest absolute Gasteiger partial charge is 0.257 e. The molecule has 0 saturated carbocycles. The van der Waals surface area contributed by atoms with Crippen LogP contribution in [0.5, 0.6) is 5.75 Å². The van der Waals surface area contributed by atoms with Gasteiger partial charge in [-0.2, -0.15) is 0 Å². The molecule has 0 aliphatic carbocycles. The van der Waals surface area contributed by atoms with Crippen LogP contribution >= 0.6 is 0 Å². The number of hydrogen-bond donors (Lipinski definition) is 3. The molecule has 92 valence electrons. The molecule has 0 unspecified atom stereocenters. The number of hydrogen-bond acceptors (Lipinski definition) is 4. The van der Waals surface area contributed by atoms with Gasteiger partial charge < -0.3 is 16.2 Å². The zero-order valence-corrected chi connectivity index (χ0v) is 9.84. The van der Waals surface area contributed by atoms with E-state index in [1.807, 2.05) is 6.92 Å². The van der Waals surface area contributed by atoms with Gasteiger partial charge in [-0.3, -0.25) is 9.78 Å². The van der Waals surface area contributed by atoms with E-state index in [1.54, 1.807) is 18.2 Å². The first-order chi connectivity index (χ1) is 8.56. The molecule has 0 bridgehead atoms. The van der Waals surface area contributed by atoms with Crippen LogP contribution in [0.25, 0.3) is 0 Å². The number of nitrogens with zero attached hydrogens (tertiary/aromatic N) is 1. The number of nitrogen functional groups attached to an aromatic ring is 1. The molecule has 0 atom stereocenters. The molecule has 1 aromatic heterocycles. The van der Waals surface area contributed by atoms with Crippen LogP contribution in [0, 0.1) is 6.92 Å². The normalized spacial score (nSPS) is 10.1. The van der Waals surface area contributed by atoms with E-state index in [2.05, 4.69) is 10.3 Å². The maximum absolute atomic E-state index is 11.9. The van der Waals surface area contributed by atoms with Crippen molar-refractivity contribution in [1.82, 2.24) is 4.98 Å². The molecule has 1 amide bonds. The van der Waals surface area contributed by atoms with Crippen LogP contribution in [0.15, 0.2) is 36.5 Å². The second kappa shape index (κ2) is 4.75. The summed E-state index contributed by atoms with van der Waals surface area (Å²) in [5.41, 5.74) is 7.74. The maximum atomic E-state index is 11.9. The van der Waals surface area contributed by atoms with Crippen molar-refractivity contribution in [1.29, 1.82) is 0 Å². The van der Waals surface area contributed by atoms with Gasteiger partial charge in [-0.25, -0.2) is 0 Å². The van der Waals surface area contributed by atoms with Crippen LogP contribution in [0.3, 0.4) is 0 Å². The first-order valence-electron chi connectivity index (χ1n) is 5.39. The molecule has 2 rings (SSSR count). The molecular weight excluding hydrogens is 230 g/mol. The number of pyridine rings is 1. The highest BCUT2D eigenvalue weighted by Gasteiger charge is 2.08. The summed E-state index contributed by atoms with van der Waals surface area (Å²) in [5, 5.41) is 11.9. The summed E-state index contributed by atoms with van der Waals surface area (Å²) in [6, 6.07) is 7.83. The molecule has 0 fully saturated rings. The first-order valence-corrected chi connectivity index (χ1v) is 5.39. The second-order valence-corrected chi connectivity index (χ2v) is 3.91. The summed E-state index contributed by atoms with van der Waals surface area (Å²) in [7, 11) is 0. The van der Waals surface area contributed by atoms with Crippen molar-refractivity contribution in [3.8, 4) is 5.75 Å². The quantitative estimate of drug-likeness (QED) is 0.555. The fourth-order valence-corrected chi connectivity index (χ4v) is 1.46. The molecule has 5 heteroatoms. The molecule has 5 nitrogen and oxygen atoms in total. The van der Waals surface area contributed by atoms with Crippen LogP contribution in [0.2, 0.25) is 0 Å². The van der Waals surface area contributed by atoms with Crippen molar-refractivity contribution in [3.63, 3.8) is 0 Å². The van der Waals surface area contributed by atoms with Crippen molar-refractivity contribution in [2.75, 3.05) is 11.1 Å². The number of phenols is 1. The minimum Gasteiger partial charge on any atom is -0.508 e. The summed E-state index contributed by atoms with van der Waals surface area (Å²) in [4.78, 5) is 15.9. The number of benzene rings is 1. The van der Waals surface area contributed by atoms with Crippen molar-refractivity contribution < 1.29 is 9.90 Å². The lowest BCUT2D eigenvalue weighted by atomic mass is 10.2. The number of aryl methyl sites for hydroxylation is 1. The Hall–Kier alpha value is -2.56. The van der Waals surface area contributed by atoms with E-state index in [0.717, 1.165) is 5.69 Å².